The zero-order valence-electron chi connectivity index (χ0n) is 14.0. The molecule has 3 rings (SSSR count). The molecular weight excluding hydrogens is 374 g/mol. The molecule has 1 atom stereocenters. The minimum Gasteiger partial charge on any atom is -0.312 e. The number of halogens is 1. The van der Waals surface area contributed by atoms with Gasteiger partial charge in [-0.1, -0.05) is 24.9 Å². The number of nitrogens with one attached hydrogen (secondary N) is 1. The first kappa shape index (κ1) is 18.4. The SMILES string of the molecule is CC[C@@H]1CCc2c(sc(NC(=O)c3cc(Cl)ccc3[N+](=O)[O-])c2C#N)C1. The van der Waals surface area contributed by atoms with Crippen molar-refractivity contribution in [3.8, 4) is 6.07 Å². The van der Waals surface area contributed by atoms with Crippen LogP contribution >= 0.6 is 22.9 Å². The summed E-state index contributed by atoms with van der Waals surface area (Å²) in [6.45, 7) is 2.15. The van der Waals surface area contributed by atoms with E-state index in [1.165, 1.54) is 29.5 Å². The molecule has 1 aromatic carbocycles. The van der Waals surface area contributed by atoms with Gasteiger partial charge in [-0.2, -0.15) is 5.26 Å². The van der Waals surface area contributed by atoms with Gasteiger partial charge in [0, 0.05) is 16.0 Å². The molecule has 2 aromatic rings. The molecular formula is C18H16ClN3O3S. The Morgan fingerprint density at radius 3 is 2.96 bits per heavy atom. The minimum absolute atomic E-state index is 0.121. The summed E-state index contributed by atoms with van der Waals surface area (Å²) in [5.41, 5.74) is 1.03. The number of nitriles is 1. The average molecular weight is 390 g/mol. The van der Waals surface area contributed by atoms with E-state index < -0.39 is 10.8 Å². The first-order valence-corrected chi connectivity index (χ1v) is 9.44. The Morgan fingerprint density at radius 2 is 2.31 bits per heavy atom. The van der Waals surface area contributed by atoms with E-state index in [0.717, 1.165) is 36.1 Å². The number of hydrogen-bond acceptors (Lipinski definition) is 5. The lowest BCUT2D eigenvalue weighted by Gasteiger charge is -2.20. The van der Waals surface area contributed by atoms with E-state index in [9.17, 15) is 20.2 Å². The van der Waals surface area contributed by atoms with Crippen molar-refractivity contribution in [2.24, 2.45) is 5.92 Å². The second kappa shape index (κ2) is 7.44. The molecule has 0 radical (unpaired) electrons. The second-order valence-corrected chi connectivity index (χ2v) is 7.75. The van der Waals surface area contributed by atoms with Gasteiger partial charge in [0.2, 0.25) is 0 Å². The van der Waals surface area contributed by atoms with Gasteiger partial charge in [-0.25, -0.2) is 0 Å². The molecule has 0 saturated heterocycles. The largest absolute Gasteiger partial charge is 0.312 e. The molecule has 8 heteroatoms. The lowest BCUT2D eigenvalue weighted by atomic mass is 9.86. The highest BCUT2D eigenvalue weighted by atomic mass is 35.5. The monoisotopic (exact) mass is 389 g/mol. The first-order chi connectivity index (χ1) is 12.4. The van der Waals surface area contributed by atoms with E-state index in [1.807, 2.05) is 0 Å². The standard InChI is InChI=1S/C18H16ClN3O3S/c1-2-10-3-5-12-14(9-20)18(26-16(12)7-10)21-17(23)13-8-11(19)4-6-15(13)22(24)25/h4,6,8,10H,2-3,5,7H2,1H3,(H,21,23)/t10-/m1/s1. The van der Waals surface area contributed by atoms with Crippen molar-refractivity contribution < 1.29 is 9.72 Å². The molecule has 1 aliphatic rings. The molecule has 1 amide bonds. The third-order valence-electron chi connectivity index (χ3n) is 4.68. The fraction of sp³-hybridized carbons (Fsp3) is 0.333. The van der Waals surface area contributed by atoms with E-state index in [-0.39, 0.29) is 16.3 Å². The van der Waals surface area contributed by atoms with Crippen LogP contribution in [-0.4, -0.2) is 10.8 Å². The predicted octanol–water partition coefficient (Wildman–Crippen LogP) is 4.95. The number of nitro benzene ring substituents is 1. The molecule has 1 N–H and O–H groups in total. The third kappa shape index (κ3) is 3.43. The highest BCUT2D eigenvalue weighted by Crippen LogP contribution is 2.40. The summed E-state index contributed by atoms with van der Waals surface area (Å²) in [4.78, 5) is 24.3. The van der Waals surface area contributed by atoms with Crippen molar-refractivity contribution in [1.29, 1.82) is 5.26 Å². The van der Waals surface area contributed by atoms with Crippen molar-refractivity contribution in [1.82, 2.24) is 0 Å². The molecule has 0 unspecified atom stereocenters. The van der Waals surface area contributed by atoms with Crippen LogP contribution in [0.4, 0.5) is 10.7 Å². The molecule has 0 saturated carbocycles. The van der Waals surface area contributed by atoms with Gasteiger partial charge >= 0.3 is 0 Å². The van der Waals surface area contributed by atoms with E-state index in [2.05, 4.69) is 18.3 Å². The van der Waals surface area contributed by atoms with E-state index in [1.54, 1.807) is 0 Å². The van der Waals surface area contributed by atoms with Crippen molar-refractivity contribution in [2.45, 2.75) is 32.6 Å². The average Bonchev–Trinajstić information content (AvgIpc) is 2.97. The van der Waals surface area contributed by atoms with Crippen LogP contribution in [0.3, 0.4) is 0 Å². The van der Waals surface area contributed by atoms with Crippen molar-refractivity contribution >= 4 is 39.5 Å². The van der Waals surface area contributed by atoms with Gasteiger partial charge in [0.15, 0.2) is 0 Å². The van der Waals surface area contributed by atoms with Gasteiger partial charge in [-0.15, -0.1) is 11.3 Å². The number of amides is 1. The fourth-order valence-electron chi connectivity index (χ4n) is 3.23. The molecule has 1 aliphatic carbocycles. The second-order valence-electron chi connectivity index (χ2n) is 6.21. The molecule has 1 aromatic heterocycles. The van der Waals surface area contributed by atoms with Crippen LogP contribution in [0.15, 0.2) is 18.2 Å². The summed E-state index contributed by atoms with van der Waals surface area (Å²) in [5, 5.41) is 24.1. The zero-order valence-corrected chi connectivity index (χ0v) is 15.6. The van der Waals surface area contributed by atoms with E-state index in [0.29, 0.717) is 16.5 Å². The van der Waals surface area contributed by atoms with Gasteiger partial charge < -0.3 is 5.32 Å². The number of benzene rings is 1. The van der Waals surface area contributed by atoms with Crippen LogP contribution in [0.2, 0.25) is 5.02 Å². The quantitative estimate of drug-likeness (QED) is 0.591. The lowest BCUT2D eigenvalue weighted by Crippen LogP contribution is -2.14. The maximum atomic E-state index is 12.6. The molecule has 1 heterocycles. The Morgan fingerprint density at radius 1 is 1.54 bits per heavy atom. The third-order valence-corrected chi connectivity index (χ3v) is 6.09. The van der Waals surface area contributed by atoms with Crippen molar-refractivity contribution in [3.05, 3.63) is 54.9 Å². The number of carbonyl (C=O) groups is 1. The van der Waals surface area contributed by atoms with Crippen molar-refractivity contribution in [3.63, 3.8) is 0 Å². The molecule has 26 heavy (non-hydrogen) atoms. The lowest BCUT2D eigenvalue weighted by molar-refractivity contribution is -0.385. The van der Waals surface area contributed by atoms with Gasteiger partial charge in [-0.3, -0.25) is 14.9 Å². The van der Waals surface area contributed by atoms with Crippen LogP contribution in [0.25, 0.3) is 0 Å². The molecule has 134 valence electrons. The summed E-state index contributed by atoms with van der Waals surface area (Å²) < 4.78 is 0. The number of nitrogens with zero attached hydrogens (tertiary/aromatic N) is 2. The normalized spacial score (nSPS) is 15.8. The maximum Gasteiger partial charge on any atom is 0.282 e. The van der Waals surface area contributed by atoms with Gasteiger partial charge in [0.25, 0.3) is 11.6 Å². The number of thiophene rings is 1. The van der Waals surface area contributed by atoms with Gasteiger partial charge in [0.1, 0.15) is 16.6 Å². The molecule has 0 bridgehead atoms. The predicted molar refractivity (Wildman–Crippen MR) is 101 cm³/mol. The van der Waals surface area contributed by atoms with Crippen LogP contribution < -0.4 is 5.32 Å². The van der Waals surface area contributed by atoms with E-state index >= 15 is 0 Å². The van der Waals surface area contributed by atoms with E-state index in [4.69, 9.17) is 11.6 Å². The Balaban J connectivity index is 1.94. The Labute approximate surface area is 159 Å². The van der Waals surface area contributed by atoms with Crippen LogP contribution in [0, 0.1) is 27.4 Å². The number of carbonyl (C=O) groups excluding carboxylic acids is 1. The highest BCUT2D eigenvalue weighted by molar-refractivity contribution is 7.16. The summed E-state index contributed by atoms with van der Waals surface area (Å²) in [6, 6.07) is 6.01. The molecule has 0 spiro atoms. The van der Waals surface area contributed by atoms with Gasteiger partial charge in [-0.05, 0) is 42.9 Å². The molecule has 0 fully saturated rings. The number of anilines is 1. The topological polar surface area (TPSA) is 96.0 Å². The number of nitro groups is 1. The maximum absolute atomic E-state index is 12.6. The zero-order chi connectivity index (χ0) is 18.8. The van der Waals surface area contributed by atoms with Crippen LogP contribution in [0.1, 0.15) is 46.1 Å². The smallest absolute Gasteiger partial charge is 0.282 e. The molecule has 6 nitrogen and oxygen atoms in total. The first-order valence-electron chi connectivity index (χ1n) is 8.24. The number of rotatable bonds is 4. The summed E-state index contributed by atoms with van der Waals surface area (Å²) in [6.07, 6.45) is 3.83. The molecule has 0 aliphatic heterocycles. The number of hydrogen-bond donors (Lipinski definition) is 1. The highest BCUT2D eigenvalue weighted by Gasteiger charge is 2.27. The van der Waals surface area contributed by atoms with Gasteiger partial charge in [0.05, 0.1) is 10.5 Å². The summed E-state index contributed by atoms with van der Waals surface area (Å²) in [7, 11) is 0. The summed E-state index contributed by atoms with van der Waals surface area (Å²) >= 11 is 7.28. The number of fused-ring (bicyclic) bond motifs is 1. The van der Waals surface area contributed by atoms with Crippen LogP contribution in [-0.2, 0) is 12.8 Å². The minimum atomic E-state index is -0.638. The summed E-state index contributed by atoms with van der Waals surface area (Å²) in [5.74, 6) is -0.0494. The Hall–Kier alpha value is -2.43. The van der Waals surface area contributed by atoms with Crippen LogP contribution in [0.5, 0.6) is 0 Å². The van der Waals surface area contributed by atoms with Crippen molar-refractivity contribution in [2.75, 3.05) is 5.32 Å². The Kier molecular flexibility index (Phi) is 5.25. The Bertz CT molecular complexity index is 932. The fourth-order valence-corrected chi connectivity index (χ4v) is 4.71.